The van der Waals surface area contributed by atoms with Crippen molar-refractivity contribution < 1.29 is 14.6 Å². The molecule has 0 unspecified atom stereocenters. The number of ether oxygens (including phenoxy) is 1. The predicted molar refractivity (Wildman–Crippen MR) is 69.4 cm³/mol. The molecule has 0 saturated heterocycles. The molecular formula is C15H20O3. The van der Waals surface area contributed by atoms with Crippen molar-refractivity contribution in [3.63, 3.8) is 0 Å². The van der Waals surface area contributed by atoms with Gasteiger partial charge in [-0.3, -0.25) is 4.79 Å². The summed E-state index contributed by atoms with van der Waals surface area (Å²) < 4.78 is 5.04. The second-order valence-electron chi connectivity index (χ2n) is 5.09. The minimum Gasteiger partial charge on any atom is -0.508 e. The van der Waals surface area contributed by atoms with Crippen LogP contribution in [0.2, 0.25) is 0 Å². The number of carbonyl (C=O) groups excluding carboxylic acids is 1. The summed E-state index contributed by atoms with van der Waals surface area (Å²) in [6.45, 7) is 4.44. The van der Waals surface area contributed by atoms with Crippen molar-refractivity contribution in [2.45, 2.75) is 32.6 Å². The van der Waals surface area contributed by atoms with Crippen LogP contribution in [0, 0.1) is 11.8 Å². The molecule has 18 heavy (non-hydrogen) atoms. The molecule has 1 aliphatic carbocycles. The number of carbonyl (C=O) groups is 1. The number of hydrogen-bond acceptors (Lipinski definition) is 3. The quantitative estimate of drug-likeness (QED) is 0.814. The van der Waals surface area contributed by atoms with E-state index in [1.165, 1.54) is 0 Å². The first-order valence-electron chi connectivity index (χ1n) is 6.56. The molecule has 0 heterocycles. The van der Waals surface area contributed by atoms with E-state index in [0.717, 1.165) is 12.0 Å². The van der Waals surface area contributed by atoms with Crippen molar-refractivity contribution in [1.29, 1.82) is 0 Å². The zero-order valence-electron chi connectivity index (χ0n) is 10.9. The first kappa shape index (κ1) is 12.9. The average Bonchev–Trinajstić information content (AvgIpc) is 3.03. The van der Waals surface area contributed by atoms with Crippen molar-refractivity contribution >= 4 is 5.97 Å². The van der Waals surface area contributed by atoms with E-state index in [1.54, 1.807) is 12.1 Å². The number of hydrogen-bond donors (Lipinski definition) is 1. The molecule has 1 aromatic rings. The lowest BCUT2D eigenvalue weighted by molar-refractivity contribution is -0.143. The van der Waals surface area contributed by atoms with Crippen LogP contribution in [0.15, 0.2) is 24.3 Å². The van der Waals surface area contributed by atoms with Gasteiger partial charge in [0, 0.05) is 0 Å². The molecule has 3 heteroatoms. The summed E-state index contributed by atoms with van der Waals surface area (Å²) in [7, 11) is 0. The van der Waals surface area contributed by atoms with Gasteiger partial charge in [-0.05, 0) is 48.8 Å². The first-order chi connectivity index (χ1) is 8.61. The Bertz CT molecular complexity index is 428. The highest BCUT2D eigenvalue weighted by Gasteiger charge is 2.41. The van der Waals surface area contributed by atoms with E-state index < -0.39 is 0 Å². The normalized spacial score (nSPS) is 23.4. The van der Waals surface area contributed by atoms with Crippen molar-refractivity contribution in [3.8, 4) is 5.75 Å². The molecule has 98 valence electrons. The Morgan fingerprint density at radius 2 is 2.28 bits per heavy atom. The van der Waals surface area contributed by atoms with E-state index in [0.29, 0.717) is 24.9 Å². The maximum Gasteiger partial charge on any atom is 0.306 e. The predicted octanol–water partition coefficient (Wildman–Crippen LogP) is 3.09. The Kier molecular flexibility index (Phi) is 3.90. The SMILES string of the molecule is CCOC(=O)C[C@@H](c1cccc(O)c1)[C@H]1C[C@H]1C. The Labute approximate surface area is 108 Å². The van der Waals surface area contributed by atoms with Crippen molar-refractivity contribution in [2.24, 2.45) is 11.8 Å². The van der Waals surface area contributed by atoms with Crippen LogP contribution in [0.5, 0.6) is 5.75 Å². The van der Waals surface area contributed by atoms with Crippen LogP contribution < -0.4 is 0 Å². The molecule has 3 atom stereocenters. The van der Waals surface area contributed by atoms with Gasteiger partial charge < -0.3 is 9.84 Å². The fraction of sp³-hybridized carbons (Fsp3) is 0.533. The van der Waals surface area contributed by atoms with E-state index in [-0.39, 0.29) is 17.6 Å². The Balaban J connectivity index is 2.13. The molecule has 0 aromatic heterocycles. The maximum absolute atomic E-state index is 11.7. The van der Waals surface area contributed by atoms with Gasteiger partial charge in [0.1, 0.15) is 5.75 Å². The smallest absolute Gasteiger partial charge is 0.306 e. The average molecular weight is 248 g/mol. The zero-order chi connectivity index (χ0) is 13.1. The second-order valence-corrected chi connectivity index (χ2v) is 5.09. The highest BCUT2D eigenvalue weighted by Crippen LogP contribution is 2.50. The second kappa shape index (κ2) is 5.42. The third kappa shape index (κ3) is 3.03. The van der Waals surface area contributed by atoms with E-state index in [2.05, 4.69) is 6.92 Å². The van der Waals surface area contributed by atoms with Gasteiger partial charge in [-0.25, -0.2) is 0 Å². The van der Waals surface area contributed by atoms with Gasteiger partial charge >= 0.3 is 5.97 Å². The van der Waals surface area contributed by atoms with Crippen LogP contribution in [0.25, 0.3) is 0 Å². The Hall–Kier alpha value is -1.51. The number of benzene rings is 1. The molecule has 2 rings (SSSR count). The number of phenols is 1. The summed E-state index contributed by atoms with van der Waals surface area (Å²) >= 11 is 0. The lowest BCUT2D eigenvalue weighted by Gasteiger charge is -2.16. The van der Waals surface area contributed by atoms with Crippen LogP contribution in [-0.2, 0) is 9.53 Å². The molecule has 1 saturated carbocycles. The van der Waals surface area contributed by atoms with Gasteiger partial charge in [0.15, 0.2) is 0 Å². The van der Waals surface area contributed by atoms with Gasteiger partial charge in [-0.1, -0.05) is 19.1 Å². The van der Waals surface area contributed by atoms with Crippen LogP contribution >= 0.6 is 0 Å². The van der Waals surface area contributed by atoms with Crippen molar-refractivity contribution in [3.05, 3.63) is 29.8 Å². The molecular weight excluding hydrogens is 228 g/mol. The molecule has 3 nitrogen and oxygen atoms in total. The van der Waals surface area contributed by atoms with E-state index in [9.17, 15) is 9.90 Å². The van der Waals surface area contributed by atoms with Gasteiger partial charge in [-0.2, -0.15) is 0 Å². The third-order valence-electron chi connectivity index (χ3n) is 3.68. The summed E-state index contributed by atoms with van der Waals surface area (Å²) in [4.78, 5) is 11.7. The minimum atomic E-state index is -0.148. The van der Waals surface area contributed by atoms with E-state index >= 15 is 0 Å². The highest BCUT2D eigenvalue weighted by molar-refractivity contribution is 5.70. The molecule has 1 fully saturated rings. The lowest BCUT2D eigenvalue weighted by atomic mass is 9.90. The number of phenolic OH excluding ortho intramolecular Hbond substituents is 1. The van der Waals surface area contributed by atoms with Crippen LogP contribution in [0.3, 0.4) is 0 Å². The van der Waals surface area contributed by atoms with Gasteiger partial charge in [0.2, 0.25) is 0 Å². The summed E-state index contributed by atoms with van der Waals surface area (Å²) in [5.74, 6) is 1.48. The molecule has 1 aliphatic rings. The number of rotatable bonds is 5. The molecule has 1 aromatic carbocycles. The number of esters is 1. The molecule has 0 amide bonds. The van der Waals surface area contributed by atoms with Gasteiger partial charge in [0.05, 0.1) is 13.0 Å². The van der Waals surface area contributed by atoms with Gasteiger partial charge in [0.25, 0.3) is 0 Å². The van der Waals surface area contributed by atoms with Crippen LogP contribution in [0.4, 0.5) is 0 Å². The van der Waals surface area contributed by atoms with Crippen molar-refractivity contribution in [2.75, 3.05) is 6.61 Å². The largest absolute Gasteiger partial charge is 0.508 e. The molecule has 0 bridgehead atoms. The monoisotopic (exact) mass is 248 g/mol. The summed E-state index contributed by atoms with van der Waals surface area (Å²) in [5.41, 5.74) is 1.04. The summed E-state index contributed by atoms with van der Waals surface area (Å²) in [6.07, 6.45) is 1.56. The molecule has 0 radical (unpaired) electrons. The molecule has 0 spiro atoms. The molecule has 0 aliphatic heterocycles. The third-order valence-corrected chi connectivity index (χ3v) is 3.68. The minimum absolute atomic E-state index is 0.148. The van der Waals surface area contributed by atoms with Crippen LogP contribution in [-0.4, -0.2) is 17.7 Å². The fourth-order valence-corrected chi connectivity index (χ4v) is 2.58. The lowest BCUT2D eigenvalue weighted by Crippen LogP contribution is -2.12. The Morgan fingerprint density at radius 1 is 1.56 bits per heavy atom. The topological polar surface area (TPSA) is 46.5 Å². The number of aromatic hydroxyl groups is 1. The Morgan fingerprint density at radius 3 is 2.83 bits per heavy atom. The van der Waals surface area contributed by atoms with Crippen LogP contribution in [0.1, 0.15) is 38.2 Å². The summed E-state index contributed by atoms with van der Waals surface area (Å²) in [5, 5.41) is 9.55. The molecule has 1 N–H and O–H groups in total. The van der Waals surface area contributed by atoms with Crippen molar-refractivity contribution in [1.82, 2.24) is 0 Å². The standard InChI is InChI=1S/C15H20O3/c1-3-18-15(17)9-14(13-7-10(13)2)11-5-4-6-12(16)8-11/h4-6,8,10,13-14,16H,3,7,9H2,1-2H3/t10-,13+,14+/m1/s1. The van der Waals surface area contributed by atoms with E-state index in [4.69, 9.17) is 4.74 Å². The van der Waals surface area contributed by atoms with E-state index in [1.807, 2.05) is 19.1 Å². The maximum atomic E-state index is 11.7. The first-order valence-corrected chi connectivity index (χ1v) is 6.56. The summed E-state index contributed by atoms with van der Waals surface area (Å²) in [6, 6.07) is 7.22. The fourth-order valence-electron chi connectivity index (χ4n) is 2.58. The highest BCUT2D eigenvalue weighted by atomic mass is 16.5. The van der Waals surface area contributed by atoms with Gasteiger partial charge in [-0.15, -0.1) is 0 Å². The zero-order valence-corrected chi connectivity index (χ0v) is 10.9.